The van der Waals surface area contributed by atoms with Crippen LogP contribution in [-0.2, 0) is 22.1 Å². The zero-order valence-electron chi connectivity index (χ0n) is 11.3. The van der Waals surface area contributed by atoms with E-state index in [0.717, 1.165) is 23.5 Å². The minimum atomic E-state index is -2.88. The Morgan fingerprint density at radius 2 is 2.21 bits per heavy atom. The van der Waals surface area contributed by atoms with Crippen molar-refractivity contribution in [2.45, 2.75) is 31.7 Å². The van der Waals surface area contributed by atoms with Crippen molar-refractivity contribution in [1.29, 1.82) is 0 Å². The van der Waals surface area contributed by atoms with Crippen LogP contribution in [-0.4, -0.2) is 38.0 Å². The molecule has 0 bridgehead atoms. The van der Waals surface area contributed by atoms with E-state index in [1.165, 1.54) is 0 Å². The van der Waals surface area contributed by atoms with E-state index >= 15 is 0 Å². The van der Waals surface area contributed by atoms with Crippen molar-refractivity contribution in [3.8, 4) is 0 Å². The Kier molecular flexibility index (Phi) is 4.36. The molecule has 1 saturated heterocycles. The fourth-order valence-corrected chi connectivity index (χ4v) is 4.27. The number of halogens is 1. The number of hydrogen-bond acceptors (Lipinski definition) is 4. The van der Waals surface area contributed by atoms with Crippen LogP contribution in [0.15, 0.2) is 12.1 Å². The highest BCUT2D eigenvalue weighted by Gasteiger charge is 2.31. The fraction of sp³-hybridized carbons (Fsp3) is 0.615. The largest absolute Gasteiger partial charge is 0.356 e. The molecule has 0 amide bonds. The molecule has 1 atom stereocenters. The van der Waals surface area contributed by atoms with E-state index < -0.39 is 9.84 Å². The molecule has 106 valence electrons. The molecule has 0 saturated carbocycles. The van der Waals surface area contributed by atoms with E-state index in [0.29, 0.717) is 12.3 Å². The molecule has 2 heterocycles. The molecule has 1 aromatic rings. The highest BCUT2D eigenvalue weighted by atomic mass is 35.5. The predicted molar refractivity (Wildman–Crippen MR) is 78.6 cm³/mol. The van der Waals surface area contributed by atoms with Gasteiger partial charge in [0.05, 0.1) is 11.5 Å². The molecular weight excluding hydrogens is 284 g/mol. The Balaban J connectivity index is 2.26. The zero-order valence-corrected chi connectivity index (χ0v) is 12.8. The van der Waals surface area contributed by atoms with Gasteiger partial charge < -0.3 is 4.90 Å². The Labute approximate surface area is 119 Å². The summed E-state index contributed by atoms with van der Waals surface area (Å²) in [6, 6.07) is 3.96. The Morgan fingerprint density at radius 3 is 2.74 bits per heavy atom. The second-order valence-corrected chi connectivity index (χ2v) is 7.48. The molecular formula is C13H19ClN2O2S. The minimum Gasteiger partial charge on any atom is -0.356 e. The quantitative estimate of drug-likeness (QED) is 0.798. The number of alkyl halides is 1. The first kappa shape index (κ1) is 14.6. The monoisotopic (exact) mass is 302 g/mol. The van der Waals surface area contributed by atoms with Crippen molar-refractivity contribution in [2.75, 3.05) is 23.5 Å². The van der Waals surface area contributed by atoms with Gasteiger partial charge in [-0.15, -0.1) is 11.6 Å². The van der Waals surface area contributed by atoms with Crippen LogP contribution >= 0.6 is 11.6 Å². The molecule has 0 aromatic carbocycles. The number of anilines is 1. The van der Waals surface area contributed by atoms with Crippen LogP contribution in [0.1, 0.15) is 24.6 Å². The van der Waals surface area contributed by atoms with Crippen LogP contribution in [0, 0.1) is 0 Å². The molecule has 6 heteroatoms. The summed E-state index contributed by atoms with van der Waals surface area (Å²) >= 11 is 5.90. The van der Waals surface area contributed by atoms with Crippen molar-refractivity contribution >= 4 is 27.3 Å². The van der Waals surface area contributed by atoms with Crippen molar-refractivity contribution in [3.63, 3.8) is 0 Å². The third-order valence-electron chi connectivity index (χ3n) is 3.56. The molecule has 1 aliphatic rings. The van der Waals surface area contributed by atoms with Crippen LogP contribution in [0.2, 0.25) is 0 Å². The highest BCUT2D eigenvalue weighted by molar-refractivity contribution is 7.91. The fourth-order valence-electron chi connectivity index (χ4n) is 2.34. The number of rotatable bonds is 4. The first-order valence-corrected chi connectivity index (χ1v) is 8.80. The van der Waals surface area contributed by atoms with Gasteiger partial charge >= 0.3 is 0 Å². The van der Waals surface area contributed by atoms with E-state index in [1.54, 1.807) is 0 Å². The zero-order chi connectivity index (χ0) is 14.0. The average molecular weight is 303 g/mol. The lowest BCUT2D eigenvalue weighted by Gasteiger charge is -2.25. The van der Waals surface area contributed by atoms with Gasteiger partial charge in [-0.2, -0.15) is 0 Å². The van der Waals surface area contributed by atoms with Crippen LogP contribution in [0.4, 0.5) is 5.82 Å². The second kappa shape index (κ2) is 5.67. The van der Waals surface area contributed by atoms with E-state index in [4.69, 9.17) is 11.6 Å². The first-order valence-electron chi connectivity index (χ1n) is 6.44. The molecule has 1 fully saturated rings. The molecule has 2 rings (SSSR count). The maximum atomic E-state index is 11.6. The predicted octanol–water partition coefficient (Wildman–Crippen LogP) is 2.01. The van der Waals surface area contributed by atoms with Crippen molar-refractivity contribution in [2.24, 2.45) is 0 Å². The maximum Gasteiger partial charge on any atom is 0.152 e. The number of pyridine rings is 1. The molecule has 1 aromatic heterocycles. The first-order chi connectivity index (χ1) is 8.95. The topological polar surface area (TPSA) is 50.3 Å². The number of aryl methyl sites for hydroxylation is 1. The summed E-state index contributed by atoms with van der Waals surface area (Å²) < 4.78 is 23.1. The van der Waals surface area contributed by atoms with E-state index in [-0.39, 0.29) is 17.5 Å². The van der Waals surface area contributed by atoms with Crippen LogP contribution in [0.25, 0.3) is 0 Å². The molecule has 4 nitrogen and oxygen atoms in total. The number of sulfone groups is 1. The molecule has 0 spiro atoms. The number of nitrogens with zero attached hydrogens (tertiary/aromatic N) is 2. The number of aromatic nitrogens is 1. The van der Waals surface area contributed by atoms with Gasteiger partial charge in [0, 0.05) is 24.7 Å². The van der Waals surface area contributed by atoms with E-state index in [1.807, 2.05) is 31.0 Å². The lowest BCUT2D eigenvalue weighted by atomic mass is 10.2. The summed E-state index contributed by atoms with van der Waals surface area (Å²) in [6.07, 6.45) is 1.52. The second-order valence-electron chi connectivity index (χ2n) is 4.98. The third kappa shape index (κ3) is 3.39. The van der Waals surface area contributed by atoms with Crippen LogP contribution < -0.4 is 4.90 Å². The van der Waals surface area contributed by atoms with Crippen molar-refractivity contribution in [3.05, 3.63) is 23.4 Å². The maximum absolute atomic E-state index is 11.6. The molecule has 0 aliphatic carbocycles. The smallest absolute Gasteiger partial charge is 0.152 e. The van der Waals surface area contributed by atoms with Gasteiger partial charge in [0.15, 0.2) is 9.84 Å². The van der Waals surface area contributed by atoms with Crippen molar-refractivity contribution in [1.82, 2.24) is 4.98 Å². The average Bonchev–Trinajstić information content (AvgIpc) is 2.77. The summed E-state index contributed by atoms with van der Waals surface area (Å²) in [7, 11) is -0.967. The highest BCUT2D eigenvalue weighted by Crippen LogP contribution is 2.23. The van der Waals surface area contributed by atoms with Gasteiger partial charge in [-0.25, -0.2) is 13.4 Å². The SMILES string of the molecule is CCc1cc(CCl)cc(N(C)C2CCS(=O)(=O)C2)n1. The summed E-state index contributed by atoms with van der Waals surface area (Å²) in [6.45, 7) is 2.05. The normalized spacial score (nSPS) is 21.5. The van der Waals surface area contributed by atoms with Crippen molar-refractivity contribution < 1.29 is 8.42 Å². The molecule has 1 unspecified atom stereocenters. The Bertz CT molecular complexity index is 538. The number of hydrogen-bond donors (Lipinski definition) is 0. The van der Waals surface area contributed by atoms with Gasteiger partial charge in [0.1, 0.15) is 5.82 Å². The molecule has 1 aliphatic heterocycles. The van der Waals surface area contributed by atoms with Gasteiger partial charge in [-0.05, 0) is 30.5 Å². The Hall–Kier alpha value is -0.810. The van der Waals surface area contributed by atoms with Gasteiger partial charge in [0.25, 0.3) is 0 Å². The molecule has 19 heavy (non-hydrogen) atoms. The Morgan fingerprint density at radius 1 is 1.47 bits per heavy atom. The van der Waals surface area contributed by atoms with E-state index in [2.05, 4.69) is 4.98 Å². The molecule has 0 radical (unpaired) electrons. The summed E-state index contributed by atoms with van der Waals surface area (Å²) in [5, 5.41) is 0. The lowest BCUT2D eigenvalue weighted by Crippen LogP contribution is -2.33. The summed E-state index contributed by atoms with van der Waals surface area (Å²) in [5.74, 6) is 1.76. The van der Waals surface area contributed by atoms with Crippen LogP contribution in [0.3, 0.4) is 0 Å². The summed E-state index contributed by atoms with van der Waals surface area (Å²) in [4.78, 5) is 6.54. The lowest BCUT2D eigenvalue weighted by molar-refractivity contribution is 0.600. The van der Waals surface area contributed by atoms with Gasteiger partial charge in [0.2, 0.25) is 0 Å². The summed E-state index contributed by atoms with van der Waals surface area (Å²) in [5.41, 5.74) is 2.01. The van der Waals surface area contributed by atoms with Gasteiger partial charge in [-0.1, -0.05) is 6.92 Å². The minimum absolute atomic E-state index is 0.0211. The van der Waals surface area contributed by atoms with E-state index in [9.17, 15) is 8.42 Å². The van der Waals surface area contributed by atoms with Crippen LogP contribution in [0.5, 0.6) is 0 Å². The molecule has 0 N–H and O–H groups in total. The standard InChI is InChI=1S/C13H19ClN2O2S/c1-3-11-6-10(8-14)7-13(15-11)16(2)12-4-5-19(17,18)9-12/h6-7,12H,3-5,8-9H2,1-2H3. The third-order valence-corrected chi connectivity index (χ3v) is 5.62. The van der Waals surface area contributed by atoms with Gasteiger partial charge in [-0.3, -0.25) is 0 Å².